The van der Waals surface area contributed by atoms with Crippen molar-refractivity contribution in [3.63, 3.8) is 0 Å². The van der Waals surface area contributed by atoms with E-state index in [1.807, 2.05) is 0 Å². The number of methoxy groups -OCH3 is 2. The van der Waals surface area contributed by atoms with E-state index in [2.05, 4.69) is 14.4 Å². The second-order valence-corrected chi connectivity index (χ2v) is 2.86. The fourth-order valence-electron chi connectivity index (χ4n) is 1.11. The molecule has 0 N–H and O–H groups in total. The molecule has 84 valence electrons. The molecule has 0 spiro atoms. The lowest BCUT2D eigenvalue weighted by Crippen LogP contribution is -2.26. The Kier molecular flexibility index (Phi) is 4.26. The highest BCUT2D eigenvalue weighted by molar-refractivity contribution is 5.82. The number of ether oxygens (including phenoxy) is 2. The molecular weight excluding hydrogens is 204 g/mol. The minimum atomic E-state index is -0.614. The van der Waals surface area contributed by atoms with Crippen LogP contribution >= 0.6 is 0 Å². The van der Waals surface area contributed by atoms with Crippen LogP contribution in [0.3, 0.4) is 0 Å². The molecule has 1 rings (SSSR count). The molecule has 1 fully saturated rings. The van der Waals surface area contributed by atoms with E-state index in [0.717, 1.165) is 0 Å². The second kappa shape index (κ2) is 5.47. The number of hydrogen-bond acceptors (Lipinski definition) is 6. The van der Waals surface area contributed by atoms with Gasteiger partial charge in [-0.2, -0.15) is 0 Å². The van der Waals surface area contributed by atoms with Gasteiger partial charge in [0, 0.05) is 6.08 Å². The maximum Gasteiger partial charge on any atom is 0.330 e. The van der Waals surface area contributed by atoms with Crippen molar-refractivity contribution in [1.29, 1.82) is 0 Å². The Morgan fingerprint density at radius 2 is 2.07 bits per heavy atom. The van der Waals surface area contributed by atoms with Crippen LogP contribution in [0.5, 0.6) is 0 Å². The highest BCUT2D eigenvalue weighted by atomic mass is 17.2. The van der Waals surface area contributed by atoms with Gasteiger partial charge in [0.2, 0.25) is 0 Å². The standard InChI is InChI=1S/C9H12O6/c1-12-8(10)4-3-7-6(5-14-15-7)9(11)13-2/h3-4,6-7H,5H2,1-2H3/b4-3-/t6-,7+/m0/s1. The third-order valence-electron chi connectivity index (χ3n) is 1.95. The highest BCUT2D eigenvalue weighted by Gasteiger charge is 2.35. The van der Waals surface area contributed by atoms with Crippen molar-refractivity contribution >= 4 is 11.9 Å². The number of rotatable bonds is 3. The van der Waals surface area contributed by atoms with E-state index in [4.69, 9.17) is 4.89 Å². The van der Waals surface area contributed by atoms with Crippen LogP contribution in [-0.2, 0) is 28.8 Å². The summed E-state index contributed by atoms with van der Waals surface area (Å²) in [5, 5.41) is 0. The first-order chi connectivity index (χ1) is 7.19. The van der Waals surface area contributed by atoms with Crippen molar-refractivity contribution in [1.82, 2.24) is 0 Å². The number of carbonyl (C=O) groups excluding carboxylic acids is 2. The van der Waals surface area contributed by atoms with Gasteiger partial charge in [0.25, 0.3) is 0 Å². The fourth-order valence-corrected chi connectivity index (χ4v) is 1.11. The van der Waals surface area contributed by atoms with Crippen LogP contribution in [0.2, 0.25) is 0 Å². The molecule has 0 aromatic heterocycles. The van der Waals surface area contributed by atoms with Crippen LogP contribution in [0, 0.1) is 5.92 Å². The van der Waals surface area contributed by atoms with Gasteiger partial charge in [-0.05, 0) is 6.08 Å². The van der Waals surface area contributed by atoms with Crippen molar-refractivity contribution < 1.29 is 28.8 Å². The van der Waals surface area contributed by atoms with Gasteiger partial charge in [-0.1, -0.05) is 0 Å². The van der Waals surface area contributed by atoms with Gasteiger partial charge in [0.15, 0.2) is 0 Å². The quantitative estimate of drug-likeness (QED) is 0.370. The largest absolute Gasteiger partial charge is 0.469 e. The maximum absolute atomic E-state index is 11.2. The van der Waals surface area contributed by atoms with Gasteiger partial charge in [0.05, 0.1) is 20.8 Å². The Balaban J connectivity index is 2.57. The van der Waals surface area contributed by atoms with E-state index in [-0.39, 0.29) is 6.61 Å². The van der Waals surface area contributed by atoms with E-state index >= 15 is 0 Å². The lowest BCUT2D eigenvalue weighted by atomic mass is 10.0. The van der Waals surface area contributed by atoms with Crippen LogP contribution in [0.1, 0.15) is 0 Å². The molecule has 6 heteroatoms. The number of carbonyl (C=O) groups is 2. The lowest BCUT2D eigenvalue weighted by molar-refractivity contribution is -0.265. The van der Waals surface area contributed by atoms with Crippen LogP contribution < -0.4 is 0 Å². The van der Waals surface area contributed by atoms with Crippen LogP contribution in [0.15, 0.2) is 12.2 Å². The summed E-state index contributed by atoms with van der Waals surface area (Å²) in [6.07, 6.45) is 1.96. The summed E-state index contributed by atoms with van der Waals surface area (Å²) < 4.78 is 8.94. The normalized spacial score (nSPS) is 25.5. The topological polar surface area (TPSA) is 71.1 Å². The highest BCUT2D eigenvalue weighted by Crippen LogP contribution is 2.19. The second-order valence-electron chi connectivity index (χ2n) is 2.86. The molecule has 0 aromatic carbocycles. The molecule has 0 radical (unpaired) electrons. The van der Waals surface area contributed by atoms with Crippen molar-refractivity contribution in [3.8, 4) is 0 Å². The zero-order chi connectivity index (χ0) is 11.3. The van der Waals surface area contributed by atoms with Crippen molar-refractivity contribution in [2.45, 2.75) is 6.10 Å². The van der Waals surface area contributed by atoms with E-state index in [1.54, 1.807) is 0 Å². The van der Waals surface area contributed by atoms with E-state index in [1.165, 1.54) is 26.4 Å². The Hall–Kier alpha value is -1.40. The molecule has 0 unspecified atom stereocenters. The Morgan fingerprint density at radius 1 is 1.33 bits per heavy atom. The van der Waals surface area contributed by atoms with Crippen molar-refractivity contribution in [3.05, 3.63) is 12.2 Å². The van der Waals surface area contributed by atoms with Crippen molar-refractivity contribution in [2.75, 3.05) is 20.8 Å². The van der Waals surface area contributed by atoms with Crippen LogP contribution in [0.4, 0.5) is 0 Å². The smallest absolute Gasteiger partial charge is 0.330 e. The predicted molar refractivity (Wildman–Crippen MR) is 47.5 cm³/mol. The lowest BCUT2D eigenvalue weighted by Gasteiger charge is -2.08. The van der Waals surface area contributed by atoms with Gasteiger partial charge >= 0.3 is 11.9 Å². The van der Waals surface area contributed by atoms with E-state index in [9.17, 15) is 9.59 Å². The third-order valence-corrected chi connectivity index (χ3v) is 1.95. The molecule has 1 saturated heterocycles. The first kappa shape index (κ1) is 11.7. The summed E-state index contributed by atoms with van der Waals surface area (Å²) in [5.41, 5.74) is 0. The van der Waals surface area contributed by atoms with Gasteiger partial charge < -0.3 is 9.47 Å². The average Bonchev–Trinajstić information content (AvgIpc) is 2.72. The number of hydrogen-bond donors (Lipinski definition) is 0. The number of esters is 2. The summed E-state index contributed by atoms with van der Waals surface area (Å²) in [6.45, 7) is 0.114. The van der Waals surface area contributed by atoms with Gasteiger partial charge in [0.1, 0.15) is 12.0 Å². The summed E-state index contributed by atoms with van der Waals surface area (Å²) in [6, 6.07) is 0. The minimum absolute atomic E-state index is 0.114. The zero-order valence-corrected chi connectivity index (χ0v) is 8.47. The molecule has 0 amide bonds. The maximum atomic E-state index is 11.2. The summed E-state index contributed by atoms with van der Waals surface area (Å²) in [5.74, 6) is -1.50. The summed E-state index contributed by atoms with van der Waals surface area (Å²) >= 11 is 0. The van der Waals surface area contributed by atoms with E-state index in [0.29, 0.717) is 0 Å². The SMILES string of the molecule is COC(=O)/C=C\[C@H]1OOC[C@@H]1C(=O)OC. The molecule has 1 heterocycles. The molecule has 0 aromatic rings. The predicted octanol–water partition coefficient (Wildman–Crippen LogP) is -0.165. The third kappa shape index (κ3) is 3.03. The monoisotopic (exact) mass is 216 g/mol. The molecule has 1 aliphatic rings. The Labute approximate surface area is 86.7 Å². The molecule has 1 aliphatic heterocycles. The molecular formula is C9H12O6. The molecule has 2 atom stereocenters. The molecule has 0 saturated carbocycles. The summed E-state index contributed by atoms with van der Waals surface area (Å²) in [4.78, 5) is 31.4. The minimum Gasteiger partial charge on any atom is -0.469 e. The summed E-state index contributed by atoms with van der Waals surface area (Å²) in [7, 11) is 2.54. The molecule has 15 heavy (non-hydrogen) atoms. The van der Waals surface area contributed by atoms with Crippen molar-refractivity contribution in [2.24, 2.45) is 5.92 Å². The molecule has 0 aliphatic carbocycles. The van der Waals surface area contributed by atoms with Crippen LogP contribution in [0.25, 0.3) is 0 Å². The van der Waals surface area contributed by atoms with Gasteiger partial charge in [-0.3, -0.25) is 4.79 Å². The molecule has 0 bridgehead atoms. The first-order valence-electron chi connectivity index (χ1n) is 4.31. The average molecular weight is 216 g/mol. The fraction of sp³-hybridized carbons (Fsp3) is 0.556. The zero-order valence-electron chi connectivity index (χ0n) is 8.47. The first-order valence-corrected chi connectivity index (χ1v) is 4.31. The van der Waals surface area contributed by atoms with Gasteiger partial charge in [-0.25, -0.2) is 14.6 Å². The molecule has 6 nitrogen and oxygen atoms in total. The Bertz CT molecular complexity index is 272. The Morgan fingerprint density at radius 3 is 2.67 bits per heavy atom. The van der Waals surface area contributed by atoms with E-state index < -0.39 is 24.0 Å². The van der Waals surface area contributed by atoms with Crippen LogP contribution in [-0.4, -0.2) is 38.9 Å². The van der Waals surface area contributed by atoms with Gasteiger partial charge in [-0.15, -0.1) is 0 Å².